The summed E-state index contributed by atoms with van der Waals surface area (Å²) in [5.41, 5.74) is 0.282. The molecule has 8 nitrogen and oxygen atoms in total. The first-order valence-corrected chi connectivity index (χ1v) is 8.22. The van der Waals surface area contributed by atoms with Gasteiger partial charge in [-0.1, -0.05) is 41.9 Å². The van der Waals surface area contributed by atoms with Gasteiger partial charge < -0.3 is 10.1 Å². The summed E-state index contributed by atoms with van der Waals surface area (Å²) in [7, 11) is 0. The number of nitrogens with one attached hydrogen (secondary N) is 1. The van der Waals surface area contributed by atoms with Crippen molar-refractivity contribution in [3.8, 4) is 0 Å². The minimum atomic E-state index is -0.698. The number of nitrogens with zero attached hydrogens (tertiary/aromatic N) is 1. The third-order valence-corrected chi connectivity index (χ3v) is 3.76. The van der Waals surface area contributed by atoms with Crippen LogP contribution in [0.3, 0.4) is 0 Å². The Morgan fingerprint density at radius 3 is 2.44 bits per heavy atom. The second-order valence-corrected chi connectivity index (χ2v) is 5.83. The molecule has 9 heteroatoms. The molecule has 0 spiro atoms. The fraction of sp³-hybridized carbons (Fsp3) is 0.167. The van der Waals surface area contributed by atoms with Gasteiger partial charge in [0.15, 0.2) is 12.4 Å². The van der Waals surface area contributed by atoms with Crippen LogP contribution in [0.15, 0.2) is 48.5 Å². The summed E-state index contributed by atoms with van der Waals surface area (Å²) in [4.78, 5) is 45.5. The first-order chi connectivity index (χ1) is 12.9. The van der Waals surface area contributed by atoms with Crippen molar-refractivity contribution in [3.05, 3.63) is 69.2 Å². The Kier molecular flexibility index (Phi) is 7.01. The largest absolute Gasteiger partial charge is 0.456 e. The van der Waals surface area contributed by atoms with Crippen LogP contribution in [0.5, 0.6) is 0 Å². The van der Waals surface area contributed by atoms with Gasteiger partial charge >= 0.3 is 5.97 Å². The molecule has 2 aromatic carbocycles. The molecule has 0 heterocycles. The Hall–Kier alpha value is -3.26. The van der Waals surface area contributed by atoms with Crippen molar-refractivity contribution in [2.24, 2.45) is 0 Å². The number of nitro groups is 1. The van der Waals surface area contributed by atoms with Crippen LogP contribution in [-0.4, -0.2) is 29.2 Å². The second-order valence-electron chi connectivity index (χ2n) is 5.42. The third kappa shape index (κ3) is 6.19. The van der Waals surface area contributed by atoms with Crippen molar-refractivity contribution in [2.45, 2.75) is 12.8 Å². The molecule has 0 radical (unpaired) electrons. The number of nitro benzene ring substituents is 1. The fourth-order valence-electron chi connectivity index (χ4n) is 2.13. The Morgan fingerprint density at radius 1 is 1.07 bits per heavy atom. The number of esters is 1. The minimum Gasteiger partial charge on any atom is -0.456 e. The normalized spacial score (nSPS) is 10.1. The van der Waals surface area contributed by atoms with E-state index in [0.717, 1.165) is 6.07 Å². The molecule has 0 saturated heterocycles. The lowest BCUT2D eigenvalue weighted by atomic mass is 10.1. The van der Waals surface area contributed by atoms with Crippen LogP contribution in [0.25, 0.3) is 0 Å². The molecular weight excluding hydrogens is 376 g/mol. The lowest BCUT2D eigenvalue weighted by molar-refractivity contribution is -0.384. The van der Waals surface area contributed by atoms with Crippen molar-refractivity contribution in [3.63, 3.8) is 0 Å². The molecule has 0 aliphatic heterocycles. The number of Topliss-reactive ketones (excluding diaryl/α,β-unsaturated/α-hetero) is 1. The van der Waals surface area contributed by atoms with Gasteiger partial charge in [-0.05, 0) is 12.1 Å². The molecule has 2 rings (SSSR count). The predicted molar refractivity (Wildman–Crippen MR) is 97.7 cm³/mol. The van der Waals surface area contributed by atoms with Crippen LogP contribution in [0.1, 0.15) is 23.2 Å². The number of anilines is 1. The second kappa shape index (κ2) is 9.44. The summed E-state index contributed by atoms with van der Waals surface area (Å²) < 4.78 is 4.80. The summed E-state index contributed by atoms with van der Waals surface area (Å²) >= 11 is 5.68. The SMILES string of the molecule is O=C(COC(=O)CCC(=O)c1ccccc1)Nc1ccc(Cl)c([N+](=O)[O-])c1. The molecule has 0 unspecified atom stereocenters. The van der Waals surface area contributed by atoms with E-state index in [1.54, 1.807) is 30.3 Å². The molecule has 0 saturated carbocycles. The maximum atomic E-state index is 11.9. The van der Waals surface area contributed by atoms with Gasteiger partial charge in [0.25, 0.3) is 11.6 Å². The Bertz CT molecular complexity index is 869. The molecule has 140 valence electrons. The average molecular weight is 391 g/mol. The summed E-state index contributed by atoms with van der Waals surface area (Å²) in [6.45, 7) is -0.575. The molecule has 0 bridgehead atoms. The van der Waals surface area contributed by atoms with Crippen molar-refractivity contribution in [1.82, 2.24) is 0 Å². The molecule has 0 atom stereocenters. The van der Waals surface area contributed by atoms with E-state index in [0.29, 0.717) is 5.56 Å². The van der Waals surface area contributed by atoms with E-state index in [9.17, 15) is 24.5 Å². The van der Waals surface area contributed by atoms with Gasteiger partial charge in [-0.2, -0.15) is 0 Å². The standard InChI is InChI=1S/C18H15ClN2O6/c19-14-7-6-13(10-15(14)21(25)26)20-17(23)11-27-18(24)9-8-16(22)12-4-2-1-3-5-12/h1-7,10H,8-9,11H2,(H,20,23). The monoisotopic (exact) mass is 390 g/mol. The highest BCUT2D eigenvalue weighted by atomic mass is 35.5. The first kappa shape index (κ1) is 20.1. The fourth-order valence-corrected chi connectivity index (χ4v) is 2.32. The number of rotatable bonds is 8. The van der Waals surface area contributed by atoms with Gasteiger partial charge in [0.2, 0.25) is 0 Å². The molecule has 1 amide bonds. The van der Waals surface area contributed by atoms with E-state index < -0.39 is 23.4 Å². The van der Waals surface area contributed by atoms with Crippen molar-refractivity contribution in [2.75, 3.05) is 11.9 Å². The molecule has 27 heavy (non-hydrogen) atoms. The van der Waals surface area contributed by atoms with E-state index in [4.69, 9.17) is 16.3 Å². The highest BCUT2D eigenvalue weighted by Gasteiger charge is 2.15. The van der Waals surface area contributed by atoms with E-state index in [1.165, 1.54) is 12.1 Å². The maximum Gasteiger partial charge on any atom is 0.306 e. The molecule has 2 aromatic rings. The predicted octanol–water partition coefficient (Wildman–Crippen LogP) is 3.39. The van der Waals surface area contributed by atoms with Crippen molar-refractivity contribution in [1.29, 1.82) is 0 Å². The Morgan fingerprint density at radius 2 is 1.78 bits per heavy atom. The van der Waals surface area contributed by atoms with Crippen molar-refractivity contribution < 1.29 is 24.0 Å². The van der Waals surface area contributed by atoms with Gasteiger partial charge in [0.1, 0.15) is 5.02 Å². The zero-order valence-electron chi connectivity index (χ0n) is 14.0. The highest BCUT2D eigenvalue weighted by molar-refractivity contribution is 6.32. The Labute approximate surface area is 159 Å². The molecule has 0 aliphatic rings. The van der Waals surface area contributed by atoms with Crippen LogP contribution in [0, 0.1) is 10.1 Å². The molecule has 0 fully saturated rings. The zero-order valence-corrected chi connectivity index (χ0v) is 14.8. The lowest BCUT2D eigenvalue weighted by Crippen LogP contribution is -2.21. The topological polar surface area (TPSA) is 116 Å². The smallest absolute Gasteiger partial charge is 0.306 e. The summed E-state index contributed by atoms with van der Waals surface area (Å²) in [6, 6.07) is 12.3. The number of ketones is 1. The lowest BCUT2D eigenvalue weighted by Gasteiger charge is -2.07. The molecule has 1 N–H and O–H groups in total. The quantitative estimate of drug-likeness (QED) is 0.319. The van der Waals surface area contributed by atoms with Gasteiger partial charge in [-0.25, -0.2) is 0 Å². The third-order valence-electron chi connectivity index (χ3n) is 3.44. The van der Waals surface area contributed by atoms with Crippen LogP contribution in [0.2, 0.25) is 5.02 Å². The number of hydrogen-bond acceptors (Lipinski definition) is 6. The molecule has 0 aliphatic carbocycles. The summed E-state index contributed by atoms with van der Waals surface area (Å²) in [5, 5.41) is 13.1. The van der Waals surface area contributed by atoms with Crippen LogP contribution in [-0.2, 0) is 14.3 Å². The number of carbonyl (C=O) groups is 3. The zero-order chi connectivity index (χ0) is 19.8. The van der Waals surface area contributed by atoms with E-state index >= 15 is 0 Å². The summed E-state index contributed by atoms with van der Waals surface area (Å²) in [6.07, 6.45) is -0.193. The van der Waals surface area contributed by atoms with Gasteiger partial charge in [-0.3, -0.25) is 24.5 Å². The molecule has 0 aromatic heterocycles. The van der Waals surface area contributed by atoms with E-state index in [1.807, 2.05) is 0 Å². The van der Waals surface area contributed by atoms with E-state index in [-0.39, 0.29) is 35.0 Å². The Balaban J connectivity index is 1.78. The molecular formula is C18H15ClN2O6. The summed E-state index contributed by atoms with van der Waals surface area (Å²) in [5.74, 6) is -1.57. The number of amides is 1. The number of hydrogen-bond donors (Lipinski definition) is 1. The van der Waals surface area contributed by atoms with Crippen LogP contribution < -0.4 is 5.32 Å². The average Bonchev–Trinajstić information content (AvgIpc) is 2.66. The van der Waals surface area contributed by atoms with Gasteiger partial charge in [-0.15, -0.1) is 0 Å². The first-order valence-electron chi connectivity index (χ1n) is 7.84. The van der Waals surface area contributed by atoms with Crippen molar-refractivity contribution >= 4 is 40.6 Å². The van der Waals surface area contributed by atoms with Crippen LogP contribution in [0.4, 0.5) is 11.4 Å². The number of carbonyl (C=O) groups excluding carboxylic acids is 3. The highest BCUT2D eigenvalue weighted by Crippen LogP contribution is 2.27. The number of benzene rings is 2. The van der Waals surface area contributed by atoms with Crippen LogP contribution >= 0.6 is 11.6 Å². The number of halogens is 1. The van der Waals surface area contributed by atoms with Gasteiger partial charge in [0.05, 0.1) is 11.3 Å². The maximum absolute atomic E-state index is 11.9. The van der Waals surface area contributed by atoms with E-state index in [2.05, 4.69) is 5.32 Å². The minimum absolute atomic E-state index is 0.0339. The van der Waals surface area contributed by atoms with Gasteiger partial charge in [0, 0.05) is 23.7 Å². The number of ether oxygens (including phenoxy) is 1.